The normalized spacial score (nSPS) is 12.2. The van der Waals surface area contributed by atoms with Crippen molar-refractivity contribution in [2.75, 3.05) is 0 Å². The van der Waals surface area contributed by atoms with Crippen molar-refractivity contribution in [1.82, 2.24) is 10.1 Å². The van der Waals surface area contributed by atoms with Gasteiger partial charge in [0.05, 0.1) is 6.04 Å². The van der Waals surface area contributed by atoms with Crippen LogP contribution >= 0.6 is 12.4 Å². The van der Waals surface area contributed by atoms with Crippen LogP contribution in [0, 0.1) is 5.92 Å². The lowest BCUT2D eigenvalue weighted by atomic mass is 10.0. The Balaban J connectivity index is 0.00000162. The largest absolute Gasteiger partial charge is 0.337 e. The number of nitrogens with two attached hydrogens (primary N) is 1. The van der Waals surface area contributed by atoms with Crippen LogP contribution < -0.4 is 5.73 Å². The molecule has 1 heterocycles. The Bertz CT molecular complexity index is 470. The highest BCUT2D eigenvalue weighted by Gasteiger charge is 2.16. The number of aromatic nitrogens is 2. The zero-order valence-corrected chi connectivity index (χ0v) is 11.4. The van der Waals surface area contributed by atoms with Crippen molar-refractivity contribution in [3.05, 3.63) is 36.2 Å². The van der Waals surface area contributed by atoms with E-state index in [1.807, 2.05) is 30.3 Å². The zero-order valence-electron chi connectivity index (χ0n) is 10.5. The van der Waals surface area contributed by atoms with Gasteiger partial charge in [-0.1, -0.05) is 49.3 Å². The molecule has 0 saturated heterocycles. The van der Waals surface area contributed by atoms with Crippen LogP contribution in [0.15, 0.2) is 34.9 Å². The molecule has 0 radical (unpaired) electrons. The standard InChI is InChI=1S/C13H17N3O.ClH/c1-9(2)8-11(14)13-15-12(16-17-13)10-6-4-3-5-7-10;/h3-7,9,11H,8,14H2,1-2H3;1H. The van der Waals surface area contributed by atoms with Gasteiger partial charge in [0.1, 0.15) is 0 Å². The molecule has 0 aliphatic heterocycles. The van der Waals surface area contributed by atoms with Crippen molar-refractivity contribution >= 4 is 12.4 Å². The van der Waals surface area contributed by atoms with E-state index in [-0.39, 0.29) is 18.4 Å². The predicted octanol–water partition coefficient (Wildman–Crippen LogP) is 3.20. The summed E-state index contributed by atoms with van der Waals surface area (Å²) in [6.07, 6.45) is 0.844. The molecule has 0 fully saturated rings. The monoisotopic (exact) mass is 267 g/mol. The molecule has 0 spiro atoms. The molecule has 98 valence electrons. The summed E-state index contributed by atoms with van der Waals surface area (Å²) >= 11 is 0. The summed E-state index contributed by atoms with van der Waals surface area (Å²) in [4.78, 5) is 4.33. The second-order valence-corrected chi connectivity index (χ2v) is 4.56. The molecule has 1 unspecified atom stereocenters. The number of hydrogen-bond acceptors (Lipinski definition) is 4. The topological polar surface area (TPSA) is 64.9 Å². The molecule has 0 saturated carbocycles. The van der Waals surface area contributed by atoms with Gasteiger partial charge in [0.2, 0.25) is 11.7 Å². The average molecular weight is 268 g/mol. The van der Waals surface area contributed by atoms with Crippen molar-refractivity contribution in [3.8, 4) is 11.4 Å². The number of hydrogen-bond donors (Lipinski definition) is 1. The number of halogens is 1. The smallest absolute Gasteiger partial charge is 0.243 e. The van der Waals surface area contributed by atoms with Gasteiger partial charge >= 0.3 is 0 Å². The maximum Gasteiger partial charge on any atom is 0.243 e. The first-order valence-corrected chi connectivity index (χ1v) is 5.81. The van der Waals surface area contributed by atoms with E-state index < -0.39 is 0 Å². The van der Waals surface area contributed by atoms with Crippen LogP contribution in [0.1, 0.15) is 32.2 Å². The number of benzene rings is 1. The fourth-order valence-corrected chi connectivity index (χ4v) is 1.70. The van der Waals surface area contributed by atoms with Crippen LogP contribution in [0.25, 0.3) is 11.4 Å². The number of rotatable bonds is 4. The van der Waals surface area contributed by atoms with Crippen molar-refractivity contribution in [2.24, 2.45) is 11.7 Å². The van der Waals surface area contributed by atoms with E-state index in [2.05, 4.69) is 24.0 Å². The lowest BCUT2D eigenvalue weighted by molar-refractivity contribution is 0.335. The van der Waals surface area contributed by atoms with Crippen molar-refractivity contribution in [3.63, 3.8) is 0 Å². The Morgan fingerprint density at radius 2 is 1.89 bits per heavy atom. The van der Waals surface area contributed by atoms with Gasteiger partial charge in [0, 0.05) is 5.56 Å². The van der Waals surface area contributed by atoms with Gasteiger partial charge < -0.3 is 10.3 Å². The lowest BCUT2D eigenvalue weighted by Gasteiger charge is -2.08. The first-order valence-electron chi connectivity index (χ1n) is 5.81. The molecule has 2 rings (SSSR count). The molecule has 0 aliphatic carbocycles. The Hall–Kier alpha value is -1.39. The first kappa shape index (κ1) is 14.7. The van der Waals surface area contributed by atoms with Crippen LogP contribution in [0.3, 0.4) is 0 Å². The summed E-state index contributed by atoms with van der Waals surface area (Å²) < 4.78 is 5.20. The number of nitrogens with zero attached hydrogens (tertiary/aromatic N) is 2. The van der Waals surface area contributed by atoms with Crippen LogP contribution in [0.5, 0.6) is 0 Å². The van der Waals surface area contributed by atoms with Crippen molar-refractivity contribution in [2.45, 2.75) is 26.3 Å². The second-order valence-electron chi connectivity index (χ2n) is 4.56. The lowest BCUT2D eigenvalue weighted by Crippen LogP contribution is -2.13. The molecule has 18 heavy (non-hydrogen) atoms. The zero-order chi connectivity index (χ0) is 12.3. The van der Waals surface area contributed by atoms with Crippen LogP contribution in [0.4, 0.5) is 0 Å². The Morgan fingerprint density at radius 1 is 1.22 bits per heavy atom. The minimum absolute atomic E-state index is 0. The predicted molar refractivity (Wildman–Crippen MR) is 73.4 cm³/mol. The summed E-state index contributed by atoms with van der Waals surface area (Å²) in [7, 11) is 0. The molecule has 4 nitrogen and oxygen atoms in total. The molecule has 1 aromatic carbocycles. The third-order valence-corrected chi connectivity index (χ3v) is 2.52. The maximum atomic E-state index is 5.99. The van der Waals surface area contributed by atoms with Gasteiger partial charge in [0.25, 0.3) is 0 Å². The molecular formula is C13H18ClN3O. The van der Waals surface area contributed by atoms with Crippen molar-refractivity contribution in [1.29, 1.82) is 0 Å². The van der Waals surface area contributed by atoms with E-state index in [0.717, 1.165) is 12.0 Å². The first-order chi connectivity index (χ1) is 8.16. The van der Waals surface area contributed by atoms with Gasteiger partial charge in [-0.25, -0.2) is 0 Å². The minimum atomic E-state index is -0.181. The summed E-state index contributed by atoms with van der Waals surface area (Å²) in [5.74, 6) is 1.62. The highest BCUT2D eigenvalue weighted by atomic mass is 35.5. The molecule has 2 aromatic rings. The fraction of sp³-hybridized carbons (Fsp3) is 0.385. The highest BCUT2D eigenvalue weighted by molar-refractivity contribution is 5.85. The molecule has 0 bridgehead atoms. The van der Waals surface area contributed by atoms with Crippen molar-refractivity contribution < 1.29 is 4.52 Å². The second kappa shape index (κ2) is 6.52. The SMILES string of the molecule is CC(C)CC(N)c1nc(-c2ccccc2)no1.Cl. The fourth-order valence-electron chi connectivity index (χ4n) is 1.70. The van der Waals surface area contributed by atoms with E-state index in [0.29, 0.717) is 17.6 Å². The van der Waals surface area contributed by atoms with Gasteiger partial charge in [0.15, 0.2) is 0 Å². The van der Waals surface area contributed by atoms with E-state index in [1.165, 1.54) is 0 Å². The molecule has 1 aromatic heterocycles. The minimum Gasteiger partial charge on any atom is -0.337 e. The highest BCUT2D eigenvalue weighted by Crippen LogP contribution is 2.20. The average Bonchev–Trinajstić information content (AvgIpc) is 2.78. The molecule has 5 heteroatoms. The molecule has 0 aliphatic rings. The van der Waals surface area contributed by atoms with Gasteiger partial charge in [-0.05, 0) is 12.3 Å². The Morgan fingerprint density at radius 3 is 2.50 bits per heavy atom. The molecule has 2 N–H and O–H groups in total. The van der Waals surface area contributed by atoms with Gasteiger partial charge in [-0.2, -0.15) is 4.98 Å². The molecular weight excluding hydrogens is 250 g/mol. The third kappa shape index (κ3) is 3.55. The van der Waals surface area contributed by atoms with E-state index >= 15 is 0 Å². The quantitative estimate of drug-likeness (QED) is 0.924. The van der Waals surface area contributed by atoms with E-state index in [4.69, 9.17) is 10.3 Å². The summed E-state index contributed by atoms with van der Waals surface area (Å²) in [6, 6.07) is 9.55. The van der Waals surface area contributed by atoms with Crippen LogP contribution in [0.2, 0.25) is 0 Å². The summed E-state index contributed by atoms with van der Waals surface area (Å²) in [5.41, 5.74) is 6.93. The van der Waals surface area contributed by atoms with Gasteiger partial charge in [-0.15, -0.1) is 12.4 Å². The van der Waals surface area contributed by atoms with Gasteiger partial charge in [-0.3, -0.25) is 0 Å². The Labute approximate surface area is 113 Å². The van der Waals surface area contributed by atoms with Crippen LogP contribution in [-0.4, -0.2) is 10.1 Å². The van der Waals surface area contributed by atoms with E-state index in [9.17, 15) is 0 Å². The summed E-state index contributed by atoms with van der Waals surface area (Å²) in [6.45, 7) is 4.24. The summed E-state index contributed by atoms with van der Waals surface area (Å²) in [5, 5.41) is 3.95. The Kier molecular flexibility index (Phi) is 5.31. The third-order valence-electron chi connectivity index (χ3n) is 2.52. The molecule has 1 atom stereocenters. The van der Waals surface area contributed by atoms with Crippen LogP contribution in [-0.2, 0) is 0 Å². The maximum absolute atomic E-state index is 5.99. The van der Waals surface area contributed by atoms with E-state index in [1.54, 1.807) is 0 Å². The molecule has 0 amide bonds.